The molecule has 5 nitrogen and oxygen atoms in total. The quantitative estimate of drug-likeness (QED) is 0.720. The van der Waals surface area contributed by atoms with Gasteiger partial charge in [-0.15, -0.1) is 0 Å². The molecule has 0 spiro atoms. The summed E-state index contributed by atoms with van der Waals surface area (Å²) in [7, 11) is 0. The molecule has 2 amide bonds. The average Bonchev–Trinajstić information content (AvgIpc) is 2.40. The first-order valence-corrected chi connectivity index (χ1v) is 6.22. The highest BCUT2D eigenvalue weighted by Crippen LogP contribution is 2.17. The molecule has 0 saturated heterocycles. The van der Waals surface area contributed by atoms with E-state index in [4.69, 9.17) is 5.11 Å². The summed E-state index contributed by atoms with van der Waals surface area (Å²) in [5, 5.41) is 13.8. The fourth-order valence-corrected chi connectivity index (χ4v) is 1.69. The SMILES string of the molecule is CCN(CC)c1ccc(NC(=O)NCCO)cc1. The van der Waals surface area contributed by atoms with Gasteiger partial charge in [0.05, 0.1) is 6.61 Å². The zero-order chi connectivity index (χ0) is 13.4. The second kappa shape index (κ2) is 7.55. The van der Waals surface area contributed by atoms with Crippen LogP contribution in [0.25, 0.3) is 0 Å². The van der Waals surface area contributed by atoms with Crippen molar-refractivity contribution >= 4 is 17.4 Å². The number of anilines is 2. The molecular formula is C13H21N3O2. The molecule has 0 aliphatic rings. The first-order valence-electron chi connectivity index (χ1n) is 6.22. The van der Waals surface area contributed by atoms with E-state index >= 15 is 0 Å². The Morgan fingerprint density at radius 3 is 2.33 bits per heavy atom. The molecule has 0 fully saturated rings. The Balaban J connectivity index is 2.57. The van der Waals surface area contributed by atoms with Crippen molar-refractivity contribution in [3.63, 3.8) is 0 Å². The van der Waals surface area contributed by atoms with Crippen molar-refractivity contribution in [3.8, 4) is 0 Å². The Kier molecular flexibility index (Phi) is 6.00. The van der Waals surface area contributed by atoms with E-state index in [1.54, 1.807) is 0 Å². The number of nitrogens with zero attached hydrogens (tertiary/aromatic N) is 1. The maximum atomic E-state index is 11.4. The van der Waals surface area contributed by atoms with Crippen molar-refractivity contribution in [1.29, 1.82) is 0 Å². The Morgan fingerprint density at radius 1 is 1.22 bits per heavy atom. The fraction of sp³-hybridized carbons (Fsp3) is 0.462. The zero-order valence-electron chi connectivity index (χ0n) is 10.9. The molecule has 3 N–H and O–H groups in total. The maximum absolute atomic E-state index is 11.4. The number of carbonyl (C=O) groups excluding carboxylic acids is 1. The number of nitrogens with one attached hydrogen (secondary N) is 2. The van der Waals surface area contributed by atoms with E-state index in [2.05, 4.69) is 29.4 Å². The van der Waals surface area contributed by atoms with Crippen molar-refractivity contribution in [2.24, 2.45) is 0 Å². The highest BCUT2D eigenvalue weighted by molar-refractivity contribution is 5.89. The molecule has 0 saturated carbocycles. The zero-order valence-corrected chi connectivity index (χ0v) is 10.9. The second-order valence-electron chi connectivity index (χ2n) is 3.82. The van der Waals surface area contributed by atoms with Gasteiger partial charge in [0.15, 0.2) is 0 Å². The summed E-state index contributed by atoms with van der Waals surface area (Å²) in [5.74, 6) is 0. The molecule has 0 aromatic heterocycles. The third-order valence-corrected chi connectivity index (χ3v) is 2.65. The number of aliphatic hydroxyl groups is 1. The standard InChI is InChI=1S/C13H21N3O2/c1-3-16(4-2)12-7-5-11(6-8-12)15-13(18)14-9-10-17/h5-8,17H,3-4,9-10H2,1-2H3,(H2,14,15,18). The van der Waals surface area contributed by atoms with Crippen LogP contribution in [0.5, 0.6) is 0 Å². The molecular weight excluding hydrogens is 230 g/mol. The molecule has 1 aromatic carbocycles. The summed E-state index contributed by atoms with van der Waals surface area (Å²) < 4.78 is 0. The first-order chi connectivity index (χ1) is 8.71. The lowest BCUT2D eigenvalue weighted by Gasteiger charge is -2.21. The van der Waals surface area contributed by atoms with Crippen molar-refractivity contribution in [1.82, 2.24) is 5.32 Å². The van der Waals surface area contributed by atoms with Gasteiger partial charge in [-0.25, -0.2) is 4.79 Å². The van der Waals surface area contributed by atoms with Crippen LogP contribution >= 0.6 is 0 Å². The number of hydrogen-bond donors (Lipinski definition) is 3. The lowest BCUT2D eigenvalue weighted by molar-refractivity contribution is 0.245. The van der Waals surface area contributed by atoms with Gasteiger partial charge in [-0.2, -0.15) is 0 Å². The highest BCUT2D eigenvalue weighted by Gasteiger charge is 2.03. The van der Waals surface area contributed by atoms with E-state index in [0.29, 0.717) is 0 Å². The average molecular weight is 251 g/mol. The Labute approximate surface area is 108 Å². The van der Waals surface area contributed by atoms with Gasteiger partial charge >= 0.3 is 6.03 Å². The largest absolute Gasteiger partial charge is 0.395 e. The van der Waals surface area contributed by atoms with Gasteiger partial charge < -0.3 is 20.6 Å². The Hall–Kier alpha value is -1.75. The van der Waals surface area contributed by atoms with Crippen LogP contribution in [0, 0.1) is 0 Å². The number of amides is 2. The number of hydrogen-bond acceptors (Lipinski definition) is 3. The van der Waals surface area contributed by atoms with Crippen LogP contribution in [0.15, 0.2) is 24.3 Å². The molecule has 0 radical (unpaired) electrons. The van der Waals surface area contributed by atoms with Gasteiger partial charge in [-0.1, -0.05) is 0 Å². The summed E-state index contributed by atoms with van der Waals surface area (Å²) in [6, 6.07) is 7.39. The van der Waals surface area contributed by atoms with Crippen LogP contribution < -0.4 is 15.5 Å². The van der Waals surface area contributed by atoms with Crippen molar-refractivity contribution < 1.29 is 9.90 Å². The number of carbonyl (C=O) groups is 1. The number of aliphatic hydroxyl groups excluding tert-OH is 1. The van der Waals surface area contributed by atoms with Gasteiger partial charge in [0.25, 0.3) is 0 Å². The smallest absolute Gasteiger partial charge is 0.319 e. The maximum Gasteiger partial charge on any atom is 0.319 e. The van der Waals surface area contributed by atoms with E-state index in [9.17, 15) is 4.79 Å². The lowest BCUT2D eigenvalue weighted by atomic mass is 10.2. The summed E-state index contributed by atoms with van der Waals surface area (Å²) in [6.45, 7) is 6.33. The second-order valence-corrected chi connectivity index (χ2v) is 3.82. The van der Waals surface area contributed by atoms with Crippen LogP contribution in [0.1, 0.15) is 13.8 Å². The molecule has 0 aliphatic heterocycles. The van der Waals surface area contributed by atoms with Gasteiger partial charge in [0.1, 0.15) is 0 Å². The molecule has 1 rings (SSSR count). The molecule has 18 heavy (non-hydrogen) atoms. The summed E-state index contributed by atoms with van der Waals surface area (Å²) in [5.41, 5.74) is 1.88. The van der Waals surface area contributed by atoms with E-state index in [-0.39, 0.29) is 19.2 Å². The minimum Gasteiger partial charge on any atom is -0.395 e. The summed E-state index contributed by atoms with van der Waals surface area (Å²) >= 11 is 0. The molecule has 0 atom stereocenters. The highest BCUT2D eigenvalue weighted by atomic mass is 16.3. The molecule has 1 aromatic rings. The van der Waals surface area contributed by atoms with Crippen LogP contribution in [-0.4, -0.2) is 37.4 Å². The predicted molar refractivity (Wildman–Crippen MR) is 74.1 cm³/mol. The topological polar surface area (TPSA) is 64.6 Å². The minimum atomic E-state index is -0.306. The van der Waals surface area contributed by atoms with Crippen molar-refractivity contribution in [3.05, 3.63) is 24.3 Å². The first kappa shape index (κ1) is 14.3. The number of rotatable bonds is 6. The summed E-state index contributed by atoms with van der Waals surface area (Å²) in [4.78, 5) is 13.6. The van der Waals surface area contributed by atoms with E-state index in [1.807, 2.05) is 24.3 Å². The molecule has 5 heteroatoms. The minimum absolute atomic E-state index is 0.0612. The molecule has 100 valence electrons. The van der Waals surface area contributed by atoms with E-state index in [0.717, 1.165) is 24.5 Å². The van der Waals surface area contributed by atoms with Crippen LogP contribution in [0.4, 0.5) is 16.2 Å². The Bertz CT molecular complexity index is 361. The predicted octanol–water partition coefficient (Wildman–Crippen LogP) is 1.65. The van der Waals surface area contributed by atoms with Gasteiger partial charge in [-0.3, -0.25) is 0 Å². The normalized spacial score (nSPS) is 9.94. The van der Waals surface area contributed by atoms with Crippen molar-refractivity contribution in [2.45, 2.75) is 13.8 Å². The molecule has 0 heterocycles. The summed E-state index contributed by atoms with van der Waals surface area (Å²) in [6.07, 6.45) is 0. The Morgan fingerprint density at radius 2 is 1.83 bits per heavy atom. The third kappa shape index (κ3) is 4.25. The lowest BCUT2D eigenvalue weighted by Crippen LogP contribution is -2.31. The van der Waals surface area contributed by atoms with Crippen molar-refractivity contribution in [2.75, 3.05) is 36.5 Å². The van der Waals surface area contributed by atoms with E-state index in [1.165, 1.54) is 0 Å². The molecule has 0 unspecified atom stereocenters. The van der Waals surface area contributed by atoms with Gasteiger partial charge in [0, 0.05) is 31.0 Å². The van der Waals surface area contributed by atoms with Crippen LogP contribution in [0.2, 0.25) is 0 Å². The number of benzene rings is 1. The number of urea groups is 1. The molecule has 0 bridgehead atoms. The third-order valence-electron chi connectivity index (χ3n) is 2.65. The monoisotopic (exact) mass is 251 g/mol. The van der Waals surface area contributed by atoms with Crippen LogP contribution in [-0.2, 0) is 0 Å². The van der Waals surface area contributed by atoms with Gasteiger partial charge in [-0.05, 0) is 38.1 Å². The fourth-order valence-electron chi connectivity index (χ4n) is 1.69. The van der Waals surface area contributed by atoms with Crippen LogP contribution in [0.3, 0.4) is 0 Å². The van der Waals surface area contributed by atoms with E-state index < -0.39 is 0 Å². The molecule has 0 aliphatic carbocycles. The van der Waals surface area contributed by atoms with Gasteiger partial charge in [0.2, 0.25) is 0 Å².